The number of methoxy groups -OCH3 is 2. The molecule has 0 aliphatic carbocycles. The summed E-state index contributed by atoms with van der Waals surface area (Å²) in [6, 6.07) is 14.3. The number of hydrogen-bond acceptors (Lipinski definition) is 6. The minimum absolute atomic E-state index is 0.0730. The fraction of sp³-hybridized carbons (Fsp3) is 0.182. The van der Waals surface area contributed by atoms with Gasteiger partial charge in [0.25, 0.3) is 0 Å². The lowest BCUT2D eigenvalue weighted by molar-refractivity contribution is 0.394. The van der Waals surface area contributed by atoms with Crippen molar-refractivity contribution in [3.05, 3.63) is 63.5 Å². The summed E-state index contributed by atoms with van der Waals surface area (Å²) >= 11 is 6.05. The van der Waals surface area contributed by atoms with Crippen molar-refractivity contribution in [3.8, 4) is 40.0 Å². The van der Waals surface area contributed by atoms with Gasteiger partial charge in [0.2, 0.25) is 0 Å². The second kappa shape index (κ2) is 8.29. The maximum Gasteiger partial charge on any atom is 0.356 e. The van der Waals surface area contributed by atoms with Crippen molar-refractivity contribution in [2.75, 3.05) is 33.2 Å². The molecule has 0 unspecified atom stereocenters. The Morgan fingerprint density at radius 1 is 1.07 bits per heavy atom. The van der Waals surface area contributed by atoms with E-state index < -0.39 is 5.63 Å². The molecule has 0 N–H and O–H groups in total. The van der Waals surface area contributed by atoms with E-state index in [2.05, 4.69) is 0 Å². The highest BCUT2D eigenvalue weighted by Crippen LogP contribution is 2.43. The zero-order valence-electron chi connectivity index (χ0n) is 16.4. The molecule has 0 aliphatic rings. The Hall–Kier alpha value is -3.43. The molecule has 0 spiro atoms. The summed E-state index contributed by atoms with van der Waals surface area (Å²) in [4.78, 5) is 14.3. The standard InChI is InChI=1S/C22H19ClN2O4/c1-25(2)20-17(12-24)22(26)29-21(19(20)13-5-7-14(23)8-6-13)16-10-9-15(27-3)11-18(16)28-4/h5-11H,1-4H3. The van der Waals surface area contributed by atoms with Gasteiger partial charge in [-0.05, 0) is 29.8 Å². The molecule has 0 fully saturated rings. The largest absolute Gasteiger partial charge is 0.497 e. The van der Waals surface area contributed by atoms with E-state index >= 15 is 0 Å². The van der Waals surface area contributed by atoms with Gasteiger partial charge in [-0.15, -0.1) is 0 Å². The number of nitriles is 1. The van der Waals surface area contributed by atoms with Gasteiger partial charge in [-0.3, -0.25) is 0 Å². The highest BCUT2D eigenvalue weighted by atomic mass is 35.5. The molecule has 7 heteroatoms. The Bertz CT molecular complexity index is 1150. The van der Waals surface area contributed by atoms with Crippen LogP contribution in [0.2, 0.25) is 5.02 Å². The Kier molecular flexibility index (Phi) is 5.81. The summed E-state index contributed by atoms with van der Waals surface area (Å²) in [7, 11) is 6.61. The number of halogens is 1. The van der Waals surface area contributed by atoms with Crippen LogP contribution < -0.4 is 20.0 Å². The maximum absolute atomic E-state index is 12.6. The quantitative estimate of drug-likeness (QED) is 0.612. The molecule has 148 valence electrons. The summed E-state index contributed by atoms with van der Waals surface area (Å²) < 4.78 is 16.4. The van der Waals surface area contributed by atoms with Crippen molar-refractivity contribution in [1.29, 1.82) is 5.26 Å². The number of ether oxygens (including phenoxy) is 2. The molecule has 0 saturated heterocycles. The van der Waals surface area contributed by atoms with Crippen LogP contribution >= 0.6 is 11.6 Å². The highest BCUT2D eigenvalue weighted by molar-refractivity contribution is 6.30. The van der Waals surface area contributed by atoms with E-state index in [4.69, 9.17) is 25.5 Å². The van der Waals surface area contributed by atoms with Gasteiger partial charge < -0.3 is 18.8 Å². The van der Waals surface area contributed by atoms with Gasteiger partial charge in [0, 0.05) is 25.2 Å². The average Bonchev–Trinajstić information content (AvgIpc) is 2.73. The molecule has 2 aromatic carbocycles. The van der Waals surface area contributed by atoms with Gasteiger partial charge in [-0.1, -0.05) is 23.7 Å². The van der Waals surface area contributed by atoms with Gasteiger partial charge in [0.15, 0.2) is 11.3 Å². The molecule has 3 aromatic rings. The van der Waals surface area contributed by atoms with Gasteiger partial charge in [0.05, 0.1) is 31.0 Å². The Morgan fingerprint density at radius 2 is 1.76 bits per heavy atom. The third kappa shape index (κ3) is 3.78. The molecule has 0 aliphatic heterocycles. The zero-order valence-corrected chi connectivity index (χ0v) is 17.2. The predicted octanol–water partition coefficient (Wildman–Crippen LogP) is 4.58. The second-order valence-corrected chi connectivity index (χ2v) is 6.83. The fourth-order valence-corrected chi connectivity index (χ4v) is 3.26. The van der Waals surface area contributed by atoms with Gasteiger partial charge in [-0.2, -0.15) is 5.26 Å². The molecule has 1 heterocycles. The molecule has 0 atom stereocenters. The van der Waals surface area contributed by atoms with E-state index in [-0.39, 0.29) is 5.56 Å². The lowest BCUT2D eigenvalue weighted by Crippen LogP contribution is -2.18. The van der Waals surface area contributed by atoms with E-state index in [1.54, 1.807) is 56.4 Å². The number of rotatable bonds is 5. The first kappa shape index (κ1) is 20.3. The van der Waals surface area contributed by atoms with E-state index in [0.29, 0.717) is 39.1 Å². The Labute approximate surface area is 173 Å². The smallest absolute Gasteiger partial charge is 0.356 e. The predicted molar refractivity (Wildman–Crippen MR) is 113 cm³/mol. The molecule has 1 aromatic heterocycles. The number of benzene rings is 2. The van der Waals surface area contributed by atoms with Crippen LogP contribution in [0.5, 0.6) is 11.5 Å². The first-order valence-electron chi connectivity index (χ1n) is 8.68. The monoisotopic (exact) mass is 410 g/mol. The van der Waals surface area contributed by atoms with Crippen LogP contribution in [-0.2, 0) is 0 Å². The lowest BCUT2D eigenvalue weighted by atomic mass is 9.96. The molecular formula is C22H19ClN2O4. The van der Waals surface area contributed by atoms with Crippen LogP contribution in [0.15, 0.2) is 51.7 Å². The Balaban J connectivity index is 2.46. The summed E-state index contributed by atoms with van der Waals surface area (Å²) in [5.41, 5.74) is 1.55. The maximum atomic E-state index is 12.6. The van der Waals surface area contributed by atoms with Crippen molar-refractivity contribution >= 4 is 17.3 Å². The first-order valence-corrected chi connectivity index (χ1v) is 9.06. The average molecular weight is 411 g/mol. The number of anilines is 1. The molecule has 29 heavy (non-hydrogen) atoms. The first-order chi connectivity index (χ1) is 13.9. The topological polar surface area (TPSA) is 75.7 Å². The van der Waals surface area contributed by atoms with Crippen molar-refractivity contribution < 1.29 is 13.9 Å². The minimum atomic E-state index is -0.721. The van der Waals surface area contributed by atoms with E-state index in [1.165, 1.54) is 7.11 Å². The van der Waals surface area contributed by atoms with Crippen LogP contribution in [0.1, 0.15) is 5.56 Å². The Morgan fingerprint density at radius 3 is 2.31 bits per heavy atom. The molecular weight excluding hydrogens is 392 g/mol. The van der Waals surface area contributed by atoms with Crippen molar-refractivity contribution in [1.82, 2.24) is 0 Å². The summed E-state index contributed by atoms with van der Waals surface area (Å²) in [5, 5.41) is 10.2. The van der Waals surface area contributed by atoms with Crippen LogP contribution in [0.4, 0.5) is 5.69 Å². The highest BCUT2D eigenvalue weighted by Gasteiger charge is 2.25. The molecule has 6 nitrogen and oxygen atoms in total. The molecule has 3 rings (SSSR count). The molecule has 0 radical (unpaired) electrons. The van der Waals surface area contributed by atoms with Gasteiger partial charge >= 0.3 is 5.63 Å². The van der Waals surface area contributed by atoms with E-state index in [0.717, 1.165) is 5.56 Å². The normalized spacial score (nSPS) is 10.3. The number of hydrogen-bond donors (Lipinski definition) is 0. The molecule has 0 saturated carbocycles. The van der Waals surface area contributed by atoms with Crippen LogP contribution in [-0.4, -0.2) is 28.3 Å². The van der Waals surface area contributed by atoms with Crippen LogP contribution in [0, 0.1) is 11.3 Å². The summed E-state index contributed by atoms with van der Waals surface area (Å²) in [5.74, 6) is 1.36. The molecule has 0 amide bonds. The van der Waals surface area contributed by atoms with Crippen molar-refractivity contribution in [2.24, 2.45) is 0 Å². The van der Waals surface area contributed by atoms with Crippen LogP contribution in [0.25, 0.3) is 22.5 Å². The summed E-state index contributed by atoms with van der Waals surface area (Å²) in [6.45, 7) is 0. The van der Waals surface area contributed by atoms with E-state index in [9.17, 15) is 10.1 Å². The second-order valence-electron chi connectivity index (χ2n) is 6.40. The third-order valence-electron chi connectivity index (χ3n) is 4.44. The zero-order chi connectivity index (χ0) is 21.1. The fourth-order valence-electron chi connectivity index (χ4n) is 3.13. The van der Waals surface area contributed by atoms with Gasteiger partial charge in [0.1, 0.15) is 17.6 Å². The lowest BCUT2D eigenvalue weighted by Gasteiger charge is -2.21. The van der Waals surface area contributed by atoms with Crippen molar-refractivity contribution in [2.45, 2.75) is 0 Å². The summed E-state index contributed by atoms with van der Waals surface area (Å²) in [6.07, 6.45) is 0. The van der Waals surface area contributed by atoms with Gasteiger partial charge in [-0.25, -0.2) is 4.79 Å². The number of nitrogens with zero attached hydrogens (tertiary/aromatic N) is 2. The molecule has 0 bridgehead atoms. The van der Waals surface area contributed by atoms with E-state index in [1.807, 2.05) is 18.2 Å². The van der Waals surface area contributed by atoms with Crippen LogP contribution in [0.3, 0.4) is 0 Å². The third-order valence-corrected chi connectivity index (χ3v) is 4.70. The minimum Gasteiger partial charge on any atom is -0.497 e. The van der Waals surface area contributed by atoms with Crippen molar-refractivity contribution in [3.63, 3.8) is 0 Å². The SMILES string of the molecule is COc1ccc(-c2oc(=O)c(C#N)c(N(C)C)c2-c2ccc(Cl)cc2)c(OC)c1.